The number of nitrogens with zero attached hydrogens (tertiary/aromatic N) is 1. The number of morpholine rings is 1. The first-order valence-corrected chi connectivity index (χ1v) is 7.91. The molecule has 2 heterocycles. The Labute approximate surface area is 131 Å². The lowest BCUT2D eigenvalue weighted by atomic mass is 9.81. The summed E-state index contributed by atoms with van der Waals surface area (Å²) in [6.07, 6.45) is 2.20. The first kappa shape index (κ1) is 15.3. The average Bonchev–Trinajstić information content (AvgIpc) is 2.58. The van der Waals surface area contributed by atoms with Crippen LogP contribution in [0.1, 0.15) is 19.8 Å². The first-order valence-electron chi connectivity index (χ1n) is 7.91. The molecule has 3 rings (SSSR count). The minimum atomic E-state index is -0.268. The van der Waals surface area contributed by atoms with E-state index in [9.17, 15) is 4.79 Å². The maximum atomic E-state index is 12.3. The highest BCUT2D eigenvalue weighted by Gasteiger charge is 2.42. The summed E-state index contributed by atoms with van der Waals surface area (Å²) in [6.45, 7) is 4.97. The number of carbonyl (C=O) groups is 1. The molecule has 2 saturated heterocycles. The van der Waals surface area contributed by atoms with Gasteiger partial charge in [-0.3, -0.25) is 4.79 Å². The summed E-state index contributed by atoms with van der Waals surface area (Å²) < 4.78 is 11.2. The van der Waals surface area contributed by atoms with Crippen LogP contribution in [0.5, 0.6) is 5.75 Å². The highest BCUT2D eigenvalue weighted by atomic mass is 16.5. The molecule has 2 fully saturated rings. The van der Waals surface area contributed by atoms with E-state index in [1.807, 2.05) is 29.2 Å². The SMILES string of the molecule is COc1ccc(N2CC(C)(C3CCNCC3)OCC2=O)cc1. The van der Waals surface area contributed by atoms with Crippen LogP contribution < -0.4 is 15.0 Å². The lowest BCUT2D eigenvalue weighted by Gasteiger charge is -2.46. The minimum absolute atomic E-state index is 0.0246. The highest BCUT2D eigenvalue weighted by Crippen LogP contribution is 2.34. The molecular weight excluding hydrogens is 280 g/mol. The first-order chi connectivity index (χ1) is 10.6. The smallest absolute Gasteiger partial charge is 0.253 e. The van der Waals surface area contributed by atoms with Gasteiger partial charge >= 0.3 is 0 Å². The maximum absolute atomic E-state index is 12.3. The molecule has 1 unspecified atom stereocenters. The van der Waals surface area contributed by atoms with Gasteiger partial charge in [0.2, 0.25) is 0 Å². The standard InChI is InChI=1S/C17H24N2O3/c1-17(13-7-9-18-10-8-13)12-19(16(20)11-22-17)14-3-5-15(21-2)6-4-14/h3-6,13,18H,7-12H2,1-2H3. The van der Waals surface area contributed by atoms with E-state index < -0.39 is 0 Å². The van der Waals surface area contributed by atoms with E-state index in [4.69, 9.17) is 9.47 Å². The number of rotatable bonds is 3. The predicted octanol–water partition coefficient (Wildman–Crippen LogP) is 1.82. The summed E-state index contributed by atoms with van der Waals surface area (Å²) in [4.78, 5) is 14.1. The number of piperidine rings is 1. The maximum Gasteiger partial charge on any atom is 0.253 e. The summed E-state index contributed by atoms with van der Waals surface area (Å²) in [5.74, 6) is 1.31. The third-order valence-corrected chi connectivity index (χ3v) is 4.89. The van der Waals surface area contributed by atoms with Crippen molar-refractivity contribution in [2.45, 2.75) is 25.4 Å². The van der Waals surface area contributed by atoms with E-state index in [1.54, 1.807) is 7.11 Å². The van der Waals surface area contributed by atoms with Crippen LogP contribution in [-0.2, 0) is 9.53 Å². The van der Waals surface area contributed by atoms with Crippen LogP contribution in [0.15, 0.2) is 24.3 Å². The number of hydrogen-bond donors (Lipinski definition) is 1. The molecule has 1 atom stereocenters. The molecule has 0 saturated carbocycles. The van der Waals surface area contributed by atoms with Crippen molar-refractivity contribution in [3.63, 3.8) is 0 Å². The summed E-state index contributed by atoms with van der Waals surface area (Å²) in [5.41, 5.74) is 0.643. The minimum Gasteiger partial charge on any atom is -0.497 e. The molecule has 120 valence electrons. The van der Waals surface area contributed by atoms with Gasteiger partial charge in [0.1, 0.15) is 12.4 Å². The summed E-state index contributed by atoms with van der Waals surface area (Å²) in [5, 5.41) is 3.39. The van der Waals surface area contributed by atoms with Crippen molar-refractivity contribution in [2.75, 3.05) is 38.3 Å². The molecule has 2 aliphatic rings. The van der Waals surface area contributed by atoms with E-state index in [1.165, 1.54) is 0 Å². The lowest BCUT2D eigenvalue weighted by Crippen LogP contribution is -2.58. The lowest BCUT2D eigenvalue weighted by molar-refractivity contribution is -0.144. The normalized spacial score (nSPS) is 27.0. The molecule has 0 spiro atoms. The van der Waals surface area contributed by atoms with Gasteiger partial charge in [-0.05, 0) is 63.0 Å². The van der Waals surface area contributed by atoms with Gasteiger partial charge in [0.25, 0.3) is 5.91 Å². The van der Waals surface area contributed by atoms with Crippen LogP contribution in [0, 0.1) is 5.92 Å². The molecule has 1 N–H and O–H groups in total. The Kier molecular flexibility index (Phi) is 4.36. The molecule has 2 aliphatic heterocycles. The fourth-order valence-corrected chi connectivity index (χ4v) is 3.43. The molecule has 5 nitrogen and oxygen atoms in total. The van der Waals surface area contributed by atoms with Gasteiger partial charge in [-0.1, -0.05) is 0 Å². The van der Waals surface area contributed by atoms with E-state index in [2.05, 4.69) is 12.2 Å². The molecule has 5 heteroatoms. The number of ether oxygens (including phenoxy) is 2. The molecule has 1 amide bonds. The number of methoxy groups -OCH3 is 1. The molecular formula is C17H24N2O3. The van der Waals surface area contributed by atoms with Crippen LogP contribution in [0.2, 0.25) is 0 Å². The largest absolute Gasteiger partial charge is 0.497 e. The Bertz CT molecular complexity index is 525. The van der Waals surface area contributed by atoms with Crippen molar-refractivity contribution < 1.29 is 14.3 Å². The number of benzene rings is 1. The number of carbonyl (C=O) groups excluding carboxylic acids is 1. The number of anilines is 1. The van der Waals surface area contributed by atoms with Gasteiger partial charge in [-0.25, -0.2) is 0 Å². The topological polar surface area (TPSA) is 50.8 Å². The summed E-state index contributed by atoms with van der Waals surface area (Å²) in [6, 6.07) is 7.65. The number of hydrogen-bond acceptors (Lipinski definition) is 4. The van der Waals surface area contributed by atoms with Gasteiger partial charge < -0.3 is 19.7 Å². The second kappa shape index (κ2) is 6.26. The van der Waals surface area contributed by atoms with Gasteiger partial charge in [0.05, 0.1) is 19.3 Å². The average molecular weight is 304 g/mol. The van der Waals surface area contributed by atoms with Gasteiger partial charge in [0, 0.05) is 5.69 Å². The zero-order valence-corrected chi connectivity index (χ0v) is 13.3. The molecule has 0 radical (unpaired) electrons. The van der Waals surface area contributed by atoms with Crippen molar-refractivity contribution in [1.29, 1.82) is 0 Å². The second-order valence-electron chi connectivity index (χ2n) is 6.30. The third-order valence-electron chi connectivity index (χ3n) is 4.89. The second-order valence-corrected chi connectivity index (χ2v) is 6.30. The zero-order chi connectivity index (χ0) is 15.6. The molecule has 1 aromatic carbocycles. The highest BCUT2D eigenvalue weighted by molar-refractivity contribution is 5.95. The van der Waals surface area contributed by atoms with Crippen LogP contribution in [-0.4, -0.2) is 44.9 Å². The van der Waals surface area contributed by atoms with E-state index in [-0.39, 0.29) is 18.1 Å². The van der Waals surface area contributed by atoms with Crippen LogP contribution in [0.4, 0.5) is 5.69 Å². The molecule has 0 aliphatic carbocycles. The van der Waals surface area contributed by atoms with E-state index in [0.717, 1.165) is 37.4 Å². The van der Waals surface area contributed by atoms with E-state index in [0.29, 0.717) is 12.5 Å². The van der Waals surface area contributed by atoms with Crippen molar-refractivity contribution in [1.82, 2.24) is 5.32 Å². The Morgan fingerprint density at radius 2 is 1.95 bits per heavy atom. The zero-order valence-electron chi connectivity index (χ0n) is 13.3. The fourth-order valence-electron chi connectivity index (χ4n) is 3.43. The number of nitrogens with one attached hydrogen (secondary N) is 1. The van der Waals surface area contributed by atoms with Crippen molar-refractivity contribution in [2.24, 2.45) is 5.92 Å². The fraction of sp³-hybridized carbons (Fsp3) is 0.588. The van der Waals surface area contributed by atoms with Crippen LogP contribution in [0.25, 0.3) is 0 Å². The predicted molar refractivity (Wildman–Crippen MR) is 85.3 cm³/mol. The quantitative estimate of drug-likeness (QED) is 0.925. The van der Waals surface area contributed by atoms with Crippen molar-refractivity contribution >= 4 is 11.6 Å². The Hall–Kier alpha value is -1.59. The van der Waals surface area contributed by atoms with Crippen LogP contribution >= 0.6 is 0 Å². The molecule has 0 aromatic heterocycles. The summed E-state index contributed by atoms with van der Waals surface area (Å²) in [7, 11) is 1.64. The third kappa shape index (κ3) is 2.96. The molecule has 0 bridgehead atoms. The Balaban J connectivity index is 1.78. The van der Waals surface area contributed by atoms with E-state index >= 15 is 0 Å². The van der Waals surface area contributed by atoms with Crippen molar-refractivity contribution in [3.05, 3.63) is 24.3 Å². The molecule has 22 heavy (non-hydrogen) atoms. The van der Waals surface area contributed by atoms with Gasteiger partial charge in [0.15, 0.2) is 0 Å². The monoisotopic (exact) mass is 304 g/mol. The van der Waals surface area contributed by atoms with Gasteiger partial charge in [-0.2, -0.15) is 0 Å². The Morgan fingerprint density at radius 3 is 2.59 bits per heavy atom. The Morgan fingerprint density at radius 1 is 1.27 bits per heavy atom. The summed E-state index contributed by atoms with van der Waals surface area (Å²) >= 11 is 0. The number of amides is 1. The van der Waals surface area contributed by atoms with Crippen LogP contribution in [0.3, 0.4) is 0 Å². The van der Waals surface area contributed by atoms with Gasteiger partial charge in [-0.15, -0.1) is 0 Å². The van der Waals surface area contributed by atoms with Crippen molar-refractivity contribution in [3.8, 4) is 5.75 Å². The molecule has 1 aromatic rings.